The number of hydrogen-bond acceptors (Lipinski definition) is 2. The number of rotatable bonds is 7. The quantitative estimate of drug-likeness (QED) is 0.118. The first kappa shape index (κ1) is 38.9. The van der Waals surface area contributed by atoms with Crippen LogP contribution in [0.4, 0.5) is 0 Å². The van der Waals surface area contributed by atoms with Crippen LogP contribution >= 0.6 is 0 Å². The van der Waals surface area contributed by atoms with Gasteiger partial charge >= 0.3 is 0 Å². The summed E-state index contributed by atoms with van der Waals surface area (Å²) in [5.41, 5.74) is 9.27. The second-order valence-corrected chi connectivity index (χ2v) is 23.9. The van der Waals surface area contributed by atoms with Crippen molar-refractivity contribution >= 4 is 32.8 Å². The van der Waals surface area contributed by atoms with Crippen LogP contribution in [0.25, 0.3) is 72.3 Å². The predicted molar refractivity (Wildman–Crippen MR) is 300 cm³/mol. The molecule has 376 valence electrons. The Labute approximate surface area is 466 Å². The summed E-state index contributed by atoms with van der Waals surface area (Å²) in [7, 11) is 0. The fraction of sp³-hybridized carbons (Fsp3) is 0.294. The Morgan fingerprint density at radius 2 is 1.22 bits per heavy atom. The van der Waals surface area contributed by atoms with Crippen molar-refractivity contribution in [1.29, 1.82) is 0 Å². The van der Waals surface area contributed by atoms with E-state index >= 15 is 0 Å². The standard InChI is InChI=1S/C68H66N4O.Pt/c1-64(2,3)46-32-37-69-60(38-46)72-56-31-30-53-62(68(10,11)36-35-65(53,4)5)61(56)52-29-28-49(40-57(52)72)73-48-25-18-24-47(39-48)70-43-71(59-42-55-54(41-58(59)70)66(6,7)33-34-67(55,8)9)63-50(44-20-14-12-15-21-44)26-19-27-51(63)45-22-16-13-17-23-45;/h12-32,37-38,41-42H,33-36H2,1-11H3;/q-2;/i12D,13D,14D,15D,16D,17D,20D,21D,22D,23D;. The average molecular weight is 1160 g/mol. The summed E-state index contributed by atoms with van der Waals surface area (Å²) in [6, 6.07) is 29.8. The molecule has 3 aromatic heterocycles. The SMILES string of the molecule is [2H]c1c([2H])c([2H])c(-c2cccc(-c3c([2H])c([2H])c([2H])c([2H])c3[2H])c2-[n+]2[c-]n(-c3[c-]c(Oc4[c-]c5c(cc4)c4c6c(ccc4n5-c4cc(C(C)(C)C)ccn4)C(C)(C)CCC6(C)C)ccc3)c3cc4c(cc32)C(C)(C)CCC4(C)C)c([2H])c1[2H].[Pt]. The van der Waals surface area contributed by atoms with Gasteiger partial charge in [0.15, 0.2) is 0 Å². The maximum absolute atomic E-state index is 9.27. The molecule has 0 radical (unpaired) electrons. The van der Waals surface area contributed by atoms with E-state index in [1.165, 1.54) is 16.5 Å². The van der Waals surface area contributed by atoms with Gasteiger partial charge in [-0.1, -0.05) is 166 Å². The van der Waals surface area contributed by atoms with Crippen LogP contribution in [0.15, 0.2) is 152 Å². The monoisotopic (exact) mass is 1160 g/mol. The number of para-hydroxylation sites is 1. The average Bonchev–Trinajstić information content (AvgIpc) is 4.06. The molecule has 3 heterocycles. The van der Waals surface area contributed by atoms with Crippen LogP contribution in [0.2, 0.25) is 0 Å². The topological polar surface area (TPSA) is 35.9 Å². The van der Waals surface area contributed by atoms with E-state index in [0.717, 1.165) is 64.6 Å². The summed E-state index contributed by atoms with van der Waals surface area (Å²) >= 11 is 0. The number of hydrogen-bond donors (Lipinski definition) is 0. The number of imidazole rings is 1. The Morgan fingerprint density at radius 1 is 0.622 bits per heavy atom. The first-order chi connectivity index (χ1) is 38.9. The summed E-state index contributed by atoms with van der Waals surface area (Å²) in [5, 5.41) is 2.24. The molecule has 10 aromatic rings. The summed E-state index contributed by atoms with van der Waals surface area (Å²) < 4.78 is 102. The fourth-order valence-corrected chi connectivity index (χ4v) is 11.7. The van der Waals surface area contributed by atoms with Gasteiger partial charge in [-0.3, -0.25) is 4.57 Å². The largest absolute Gasteiger partial charge is 0.510 e. The number of ether oxygens (including phenoxy) is 1. The Kier molecular flexibility index (Phi) is 9.37. The number of nitrogens with zero attached hydrogens (tertiary/aromatic N) is 4. The third-order valence-corrected chi connectivity index (χ3v) is 16.1. The molecular formula is C68H66N4OPt-2. The molecule has 0 bridgehead atoms. The maximum Gasteiger partial charge on any atom is 0.268 e. The molecule has 0 aliphatic heterocycles. The maximum atomic E-state index is 9.27. The number of aromatic nitrogens is 4. The molecule has 0 saturated heterocycles. The van der Waals surface area contributed by atoms with Crippen molar-refractivity contribution in [3.8, 4) is 50.9 Å². The summed E-state index contributed by atoms with van der Waals surface area (Å²) in [5.74, 6) is 1.63. The van der Waals surface area contributed by atoms with Crippen molar-refractivity contribution in [2.75, 3.05) is 0 Å². The zero-order valence-corrected chi connectivity index (χ0v) is 46.3. The van der Waals surface area contributed by atoms with E-state index in [1.807, 2.05) is 35.0 Å². The summed E-state index contributed by atoms with van der Waals surface area (Å²) in [6.45, 7) is 24.9. The van der Waals surface area contributed by atoms with E-state index in [1.54, 1.807) is 22.8 Å². The van der Waals surface area contributed by atoms with E-state index in [0.29, 0.717) is 28.2 Å². The zero-order chi connectivity index (χ0) is 59.5. The van der Waals surface area contributed by atoms with Crippen molar-refractivity contribution in [2.24, 2.45) is 0 Å². The van der Waals surface area contributed by atoms with Crippen molar-refractivity contribution in [3.05, 3.63) is 198 Å². The van der Waals surface area contributed by atoms with E-state index in [4.69, 9.17) is 17.9 Å². The first-order valence-corrected chi connectivity index (χ1v) is 25.5. The smallest absolute Gasteiger partial charge is 0.268 e. The third-order valence-electron chi connectivity index (χ3n) is 16.1. The van der Waals surface area contributed by atoms with Gasteiger partial charge in [-0.2, -0.15) is 18.2 Å². The van der Waals surface area contributed by atoms with Gasteiger partial charge in [-0.25, -0.2) is 4.98 Å². The molecule has 0 amide bonds. The molecule has 0 N–H and O–H groups in total. The molecule has 2 aliphatic carbocycles. The van der Waals surface area contributed by atoms with Gasteiger partial charge in [-0.05, 0) is 144 Å². The van der Waals surface area contributed by atoms with Crippen LogP contribution in [-0.2, 0) is 48.1 Å². The van der Waals surface area contributed by atoms with Crippen LogP contribution in [0, 0.1) is 18.5 Å². The zero-order valence-electron chi connectivity index (χ0n) is 54.0. The number of fused-ring (bicyclic) bond motifs is 7. The normalized spacial score (nSPS) is 18.3. The van der Waals surface area contributed by atoms with Crippen molar-refractivity contribution < 1.29 is 44.1 Å². The van der Waals surface area contributed by atoms with Crippen molar-refractivity contribution in [3.63, 3.8) is 0 Å². The molecule has 0 fully saturated rings. The van der Waals surface area contributed by atoms with E-state index in [2.05, 4.69) is 142 Å². The van der Waals surface area contributed by atoms with E-state index < -0.39 is 60.4 Å². The third kappa shape index (κ3) is 8.26. The molecule has 0 unspecified atom stereocenters. The molecule has 0 saturated carbocycles. The van der Waals surface area contributed by atoms with Gasteiger partial charge in [0, 0.05) is 44.3 Å². The first-order valence-electron chi connectivity index (χ1n) is 30.5. The molecule has 7 aromatic carbocycles. The minimum Gasteiger partial charge on any atom is -0.510 e. The molecule has 2 aliphatic rings. The Bertz CT molecular complexity index is 4290. The molecule has 0 atom stereocenters. The molecule has 5 nitrogen and oxygen atoms in total. The minimum absolute atomic E-state index is 0. The van der Waals surface area contributed by atoms with Crippen LogP contribution in [0.5, 0.6) is 11.5 Å². The Balaban J connectivity index is 0.00000736. The van der Waals surface area contributed by atoms with E-state index in [9.17, 15) is 5.48 Å². The van der Waals surface area contributed by atoms with Gasteiger partial charge in [-0.15, -0.1) is 29.7 Å². The second kappa shape index (κ2) is 17.8. The molecular weight excluding hydrogens is 1080 g/mol. The Morgan fingerprint density at radius 3 is 1.86 bits per heavy atom. The molecule has 6 heteroatoms. The van der Waals surface area contributed by atoms with Gasteiger partial charge in [0.25, 0.3) is 6.33 Å². The minimum atomic E-state index is -0.563. The van der Waals surface area contributed by atoms with Crippen molar-refractivity contribution in [2.45, 2.75) is 129 Å². The van der Waals surface area contributed by atoms with Gasteiger partial charge in [0.05, 0.1) is 30.4 Å². The van der Waals surface area contributed by atoms with Crippen LogP contribution in [-0.4, -0.2) is 14.1 Å². The molecule has 74 heavy (non-hydrogen) atoms. The fourth-order valence-electron chi connectivity index (χ4n) is 11.7. The van der Waals surface area contributed by atoms with Crippen molar-refractivity contribution in [1.82, 2.24) is 14.1 Å². The van der Waals surface area contributed by atoms with E-state index in [-0.39, 0.29) is 76.1 Å². The Hall–Kier alpha value is -6.55. The summed E-state index contributed by atoms with van der Waals surface area (Å²) in [4.78, 5) is 5.01. The van der Waals surface area contributed by atoms with Crippen LogP contribution in [0.3, 0.4) is 0 Å². The summed E-state index contributed by atoms with van der Waals surface area (Å²) in [6.07, 6.45) is 9.44. The second-order valence-electron chi connectivity index (χ2n) is 23.9. The number of benzene rings is 7. The van der Waals surface area contributed by atoms with Crippen LogP contribution < -0.4 is 9.30 Å². The molecule has 12 rings (SSSR count). The predicted octanol–water partition coefficient (Wildman–Crippen LogP) is 16.9. The van der Waals surface area contributed by atoms with Crippen LogP contribution in [0.1, 0.15) is 143 Å². The molecule has 0 spiro atoms. The van der Waals surface area contributed by atoms with Gasteiger partial charge in [0.1, 0.15) is 5.82 Å². The van der Waals surface area contributed by atoms with Gasteiger partial charge in [0.2, 0.25) is 0 Å². The number of pyridine rings is 1. The van der Waals surface area contributed by atoms with Gasteiger partial charge < -0.3 is 13.9 Å².